The SMILES string of the molecule is CC1(C)CCC(CC(O)CN)N(C(=O)OC(C)(C)C)C1. The van der Waals surface area contributed by atoms with Crippen LogP contribution >= 0.6 is 0 Å². The molecule has 2 unspecified atom stereocenters. The van der Waals surface area contributed by atoms with Crippen molar-refractivity contribution in [1.82, 2.24) is 4.90 Å². The zero-order valence-corrected chi connectivity index (χ0v) is 13.5. The van der Waals surface area contributed by atoms with Gasteiger partial charge in [0.15, 0.2) is 0 Å². The average Bonchev–Trinajstić information content (AvgIpc) is 2.28. The molecule has 0 bridgehead atoms. The van der Waals surface area contributed by atoms with Gasteiger partial charge in [-0.25, -0.2) is 4.79 Å². The number of hydrogen-bond acceptors (Lipinski definition) is 4. The second kappa shape index (κ2) is 6.31. The van der Waals surface area contributed by atoms with Gasteiger partial charge in [0.1, 0.15) is 5.60 Å². The largest absolute Gasteiger partial charge is 0.444 e. The number of hydrogen-bond donors (Lipinski definition) is 2. The van der Waals surface area contributed by atoms with E-state index in [1.165, 1.54) is 0 Å². The minimum absolute atomic E-state index is 0.0106. The van der Waals surface area contributed by atoms with Crippen molar-refractivity contribution in [2.45, 2.75) is 71.6 Å². The molecule has 0 aromatic carbocycles. The number of carbonyl (C=O) groups is 1. The average molecular weight is 286 g/mol. The number of piperidine rings is 1. The molecule has 1 rings (SSSR count). The Balaban J connectivity index is 2.79. The maximum absolute atomic E-state index is 12.4. The molecule has 1 aliphatic heterocycles. The highest BCUT2D eigenvalue weighted by atomic mass is 16.6. The van der Waals surface area contributed by atoms with E-state index in [4.69, 9.17) is 10.5 Å². The molecule has 5 heteroatoms. The molecule has 1 heterocycles. The van der Waals surface area contributed by atoms with Gasteiger partial charge in [-0.3, -0.25) is 0 Å². The Morgan fingerprint density at radius 1 is 1.50 bits per heavy atom. The Labute approximate surface area is 122 Å². The molecular weight excluding hydrogens is 256 g/mol. The van der Waals surface area contributed by atoms with Gasteiger partial charge in [-0.15, -0.1) is 0 Å². The van der Waals surface area contributed by atoms with Crippen molar-refractivity contribution >= 4 is 6.09 Å². The van der Waals surface area contributed by atoms with Gasteiger partial charge in [-0.2, -0.15) is 0 Å². The Morgan fingerprint density at radius 2 is 2.10 bits per heavy atom. The molecule has 1 aliphatic rings. The fraction of sp³-hybridized carbons (Fsp3) is 0.933. The molecule has 0 radical (unpaired) electrons. The highest BCUT2D eigenvalue weighted by molar-refractivity contribution is 5.68. The second-order valence-electron chi connectivity index (χ2n) is 7.59. The van der Waals surface area contributed by atoms with Gasteiger partial charge in [0.2, 0.25) is 0 Å². The molecule has 20 heavy (non-hydrogen) atoms. The van der Waals surface area contributed by atoms with Gasteiger partial charge in [0.25, 0.3) is 0 Å². The first kappa shape index (κ1) is 17.2. The molecule has 118 valence electrons. The van der Waals surface area contributed by atoms with Gasteiger partial charge in [-0.1, -0.05) is 13.8 Å². The maximum atomic E-state index is 12.4. The van der Waals surface area contributed by atoms with Crippen LogP contribution in [0.4, 0.5) is 4.79 Å². The van der Waals surface area contributed by atoms with Gasteiger partial charge in [-0.05, 0) is 45.4 Å². The van der Waals surface area contributed by atoms with Crippen molar-refractivity contribution in [3.05, 3.63) is 0 Å². The van der Waals surface area contributed by atoms with Crippen molar-refractivity contribution in [2.24, 2.45) is 11.1 Å². The zero-order valence-electron chi connectivity index (χ0n) is 13.5. The van der Waals surface area contributed by atoms with Crippen molar-refractivity contribution in [3.8, 4) is 0 Å². The fourth-order valence-electron chi connectivity index (χ4n) is 2.57. The zero-order chi connectivity index (χ0) is 15.6. The number of carbonyl (C=O) groups excluding carboxylic acids is 1. The summed E-state index contributed by atoms with van der Waals surface area (Å²) in [6.45, 7) is 10.8. The van der Waals surface area contributed by atoms with Gasteiger partial charge >= 0.3 is 6.09 Å². The molecule has 0 saturated carbocycles. The Bertz CT molecular complexity index is 337. The first-order valence-corrected chi connectivity index (χ1v) is 7.42. The minimum Gasteiger partial charge on any atom is -0.444 e. The first-order valence-electron chi connectivity index (χ1n) is 7.42. The lowest BCUT2D eigenvalue weighted by Gasteiger charge is -2.44. The van der Waals surface area contributed by atoms with Crippen molar-refractivity contribution in [2.75, 3.05) is 13.1 Å². The van der Waals surface area contributed by atoms with Crippen LogP contribution < -0.4 is 5.73 Å². The van der Waals surface area contributed by atoms with Crippen LogP contribution in [0.5, 0.6) is 0 Å². The summed E-state index contributed by atoms with van der Waals surface area (Å²) < 4.78 is 5.49. The second-order valence-corrected chi connectivity index (χ2v) is 7.59. The third-order valence-corrected chi connectivity index (χ3v) is 3.64. The van der Waals surface area contributed by atoms with Crippen LogP contribution in [-0.2, 0) is 4.74 Å². The molecular formula is C15H30N2O3. The summed E-state index contributed by atoms with van der Waals surface area (Å²) in [5, 5.41) is 9.77. The molecule has 5 nitrogen and oxygen atoms in total. The number of ether oxygens (including phenoxy) is 1. The molecule has 0 aromatic rings. The van der Waals surface area contributed by atoms with E-state index in [-0.39, 0.29) is 24.1 Å². The van der Waals surface area contributed by atoms with Crippen LogP contribution in [0.25, 0.3) is 0 Å². The maximum Gasteiger partial charge on any atom is 0.410 e. The van der Waals surface area contributed by atoms with E-state index in [0.29, 0.717) is 13.0 Å². The molecule has 0 aliphatic carbocycles. The van der Waals surface area contributed by atoms with E-state index in [1.54, 1.807) is 4.90 Å². The van der Waals surface area contributed by atoms with Gasteiger partial charge in [0, 0.05) is 19.1 Å². The summed E-state index contributed by atoms with van der Waals surface area (Å²) >= 11 is 0. The third kappa shape index (κ3) is 5.29. The lowest BCUT2D eigenvalue weighted by molar-refractivity contribution is -0.0156. The van der Waals surface area contributed by atoms with Gasteiger partial charge in [0.05, 0.1) is 6.10 Å². The molecule has 0 aromatic heterocycles. The normalized spacial score (nSPS) is 24.4. The van der Waals surface area contributed by atoms with Crippen LogP contribution in [-0.4, -0.2) is 46.9 Å². The summed E-state index contributed by atoms with van der Waals surface area (Å²) in [5.41, 5.74) is 5.06. The lowest BCUT2D eigenvalue weighted by atomic mass is 9.80. The quantitative estimate of drug-likeness (QED) is 0.833. The van der Waals surface area contributed by atoms with E-state index in [0.717, 1.165) is 12.8 Å². The fourth-order valence-corrected chi connectivity index (χ4v) is 2.57. The van der Waals surface area contributed by atoms with Gasteiger partial charge < -0.3 is 20.5 Å². The molecule has 0 spiro atoms. The van der Waals surface area contributed by atoms with Crippen molar-refractivity contribution in [3.63, 3.8) is 0 Å². The number of nitrogens with zero attached hydrogens (tertiary/aromatic N) is 1. The molecule has 1 amide bonds. The molecule has 2 atom stereocenters. The molecule has 1 fully saturated rings. The summed E-state index contributed by atoms with van der Waals surface area (Å²) in [6, 6.07) is 0.0106. The van der Waals surface area contributed by atoms with Crippen LogP contribution in [0.15, 0.2) is 0 Å². The van der Waals surface area contributed by atoms with Crippen LogP contribution in [0, 0.1) is 5.41 Å². The van der Waals surface area contributed by atoms with E-state index in [2.05, 4.69) is 13.8 Å². The predicted molar refractivity (Wildman–Crippen MR) is 79.4 cm³/mol. The monoisotopic (exact) mass is 286 g/mol. The van der Waals surface area contributed by atoms with Crippen molar-refractivity contribution < 1.29 is 14.6 Å². The summed E-state index contributed by atoms with van der Waals surface area (Å²) in [5.74, 6) is 0. The number of amides is 1. The molecule has 3 N–H and O–H groups in total. The van der Waals surface area contributed by atoms with E-state index >= 15 is 0 Å². The standard InChI is InChI=1S/C15H30N2O3/c1-14(2,3)20-13(19)17-10-15(4,5)7-6-11(17)8-12(18)9-16/h11-12,18H,6-10,16H2,1-5H3. The van der Waals surface area contributed by atoms with E-state index in [1.807, 2.05) is 20.8 Å². The Hall–Kier alpha value is -0.810. The summed E-state index contributed by atoms with van der Waals surface area (Å²) in [7, 11) is 0. The number of rotatable bonds is 3. The predicted octanol–water partition coefficient (Wildman–Crippen LogP) is 2.12. The van der Waals surface area contributed by atoms with Crippen LogP contribution in [0.1, 0.15) is 53.9 Å². The van der Waals surface area contributed by atoms with Crippen molar-refractivity contribution in [1.29, 1.82) is 0 Å². The Kier molecular flexibility index (Phi) is 5.44. The van der Waals surface area contributed by atoms with Crippen LogP contribution in [0.3, 0.4) is 0 Å². The topological polar surface area (TPSA) is 75.8 Å². The Morgan fingerprint density at radius 3 is 2.60 bits per heavy atom. The van der Waals surface area contributed by atoms with E-state index in [9.17, 15) is 9.90 Å². The third-order valence-electron chi connectivity index (χ3n) is 3.64. The van der Waals surface area contributed by atoms with Crippen LogP contribution in [0.2, 0.25) is 0 Å². The summed E-state index contributed by atoms with van der Waals surface area (Å²) in [4.78, 5) is 14.1. The molecule has 1 saturated heterocycles. The summed E-state index contributed by atoms with van der Waals surface area (Å²) in [6.07, 6.45) is 1.58. The van der Waals surface area contributed by atoms with E-state index < -0.39 is 11.7 Å². The smallest absolute Gasteiger partial charge is 0.410 e. The lowest BCUT2D eigenvalue weighted by Crippen LogP contribution is -2.52. The highest BCUT2D eigenvalue weighted by Crippen LogP contribution is 2.34. The number of nitrogens with two attached hydrogens (primary N) is 1. The number of aliphatic hydroxyl groups excluding tert-OH is 1. The first-order chi connectivity index (χ1) is 9.04. The minimum atomic E-state index is -0.564. The number of aliphatic hydroxyl groups is 1. The highest BCUT2D eigenvalue weighted by Gasteiger charge is 2.38. The number of likely N-dealkylation sites (tertiary alicyclic amines) is 1.